The molecule has 1 unspecified atom stereocenters. The number of nitrogens with two attached hydrogens (primary N) is 1. The van der Waals surface area contributed by atoms with Crippen LogP contribution < -0.4 is 5.73 Å². The molecule has 0 bridgehead atoms. The Morgan fingerprint density at radius 3 is 2.62 bits per heavy atom. The Bertz CT molecular complexity index is 587. The Balaban J connectivity index is 2.13. The fraction of sp³-hybridized carbons (Fsp3) is 0.471. The van der Waals surface area contributed by atoms with Gasteiger partial charge in [0.05, 0.1) is 11.7 Å². The Morgan fingerprint density at radius 1 is 1.24 bits per heavy atom. The first-order chi connectivity index (χ1) is 10.1. The summed E-state index contributed by atoms with van der Waals surface area (Å²) in [5.41, 5.74) is 9.39. The van der Waals surface area contributed by atoms with Crippen LogP contribution in [0.3, 0.4) is 0 Å². The second kappa shape index (κ2) is 7.10. The van der Waals surface area contributed by atoms with E-state index in [2.05, 4.69) is 35.9 Å². The van der Waals surface area contributed by atoms with Crippen molar-refractivity contribution in [3.63, 3.8) is 0 Å². The Hall–Kier alpha value is -1.32. The smallest absolute Gasteiger partial charge is 0.0643 e. The van der Waals surface area contributed by atoms with Crippen LogP contribution in [-0.2, 0) is 6.42 Å². The molecule has 0 spiro atoms. The van der Waals surface area contributed by atoms with Crippen molar-refractivity contribution in [2.75, 3.05) is 0 Å². The maximum Gasteiger partial charge on any atom is 0.0643 e. The summed E-state index contributed by atoms with van der Waals surface area (Å²) in [4.78, 5) is 0. The van der Waals surface area contributed by atoms with Crippen molar-refractivity contribution in [3.05, 3.63) is 52.3 Å². The number of benzene rings is 1. The maximum atomic E-state index is 6.35. The van der Waals surface area contributed by atoms with Gasteiger partial charge in [-0.25, -0.2) is 0 Å². The molecular weight excluding hydrogens is 282 g/mol. The van der Waals surface area contributed by atoms with E-state index in [1.54, 1.807) is 0 Å². The standard InChI is InChI=1S/C17H24ClN3/c1-4-14(5-2)21-10-9-13(20-21)11-16(19)15-8-6-7-12(3)17(15)18/h6-10,14,16H,4-5,11,19H2,1-3H3. The second-order valence-electron chi connectivity index (χ2n) is 5.55. The molecule has 1 aromatic heterocycles. The molecule has 1 aromatic carbocycles. The van der Waals surface area contributed by atoms with E-state index in [1.165, 1.54) is 0 Å². The van der Waals surface area contributed by atoms with Crippen LogP contribution in [0.25, 0.3) is 0 Å². The summed E-state index contributed by atoms with van der Waals surface area (Å²) in [6, 6.07) is 8.40. The minimum Gasteiger partial charge on any atom is -0.324 e. The third-order valence-corrected chi connectivity index (χ3v) is 4.55. The number of aryl methyl sites for hydroxylation is 1. The van der Waals surface area contributed by atoms with Crippen molar-refractivity contribution < 1.29 is 0 Å². The largest absolute Gasteiger partial charge is 0.324 e. The second-order valence-corrected chi connectivity index (χ2v) is 5.92. The molecule has 1 heterocycles. The van der Waals surface area contributed by atoms with Crippen molar-refractivity contribution in [2.24, 2.45) is 5.73 Å². The third kappa shape index (κ3) is 3.66. The minimum atomic E-state index is -0.123. The van der Waals surface area contributed by atoms with Gasteiger partial charge in [-0.05, 0) is 37.0 Å². The lowest BCUT2D eigenvalue weighted by atomic mass is 10.0. The number of aromatic nitrogens is 2. The number of rotatable bonds is 6. The van der Waals surface area contributed by atoms with Crippen LogP contribution in [0.5, 0.6) is 0 Å². The van der Waals surface area contributed by atoms with Gasteiger partial charge in [0, 0.05) is 23.7 Å². The molecule has 0 saturated carbocycles. The van der Waals surface area contributed by atoms with Crippen LogP contribution in [-0.4, -0.2) is 9.78 Å². The Kier molecular flexibility index (Phi) is 5.43. The highest BCUT2D eigenvalue weighted by Gasteiger charge is 2.15. The highest BCUT2D eigenvalue weighted by Crippen LogP contribution is 2.27. The summed E-state index contributed by atoms with van der Waals surface area (Å²) in [6.07, 6.45) is 4.94. The molecule has 2 rings (SSSR count). The fourth-order valence-corrected chi connectivity index (χ4v) is 2.91. The van der Waals surface area contributed by atoms with E-state index >= 15 is 0 Å². The van der Waals surface area contributed by atoms with Crippen molar-refractivity contribution in [3.8, 4) is 0 Å². The number of hydrogen-bond acceptors (Lipinski definition) is 2. The first-order valence-electron chi connectivity index (χ1n) is 7.61. The molecule has 3 nitrogen and oxygen atoms in total. The monoisotopic (exact) mass is 305 g/mol. The van der Waals surface area contributed by atoms with E-state index in [4.69, 9.17) is 17.3 Å². The van der Waals surface area contributed by atoms with Crippen LogP contribution in [0.1, 0.15) is 55.6 Å². The maximum absolute atomic E-state index is 6.35. The van der Waals surface area contributed by atoms with Gasteiger partial charge in [-0.2, -0.15) is 5.10 Å². The van der Waals surface area contributed by atoms with Crippen LogP contribution in [0, 0.1) is 6.92 Å². The zero-order valence-electron chi connectivity index (χ0n) is 13.0. The average Bonchev–Trinajstić information content (AvgIpc) is 2.91. The summed E-state index contributed by atoms with van der Waals surface area (Å²) >= 11 is 6.35. The molecular formula is C17H24ClN3. The van der Waals surface area contributed by atoms with Crippen LogP contribution in [0.15, 0.2) is 30.5 Å². The lowest BCUT2D eigenvalue weighted by Gasteiger charge is -2.15. The molecule has 0 saturated heterocycles. The van der Waals surface area contributed by atoms with Crippen LogP contribution in [0.2, 0.25) is 5.02 Å². The molecule has 114 valence electrons. The summed E-state index contributed by atoms with van der Waals surface area (Å²) in [7, 11) is 0. The average molecular weight is 306 g/mol. The predicted molar refractivity (Wildman–Crippen MR) is 88.7 cm³/mol. The lowest BCUT2D eigenvalue weighted by molar-refractivity contribution is 0.424. The topological polar surface area (TPSA) is 43.8 Å². The van der Waals surface area contributed by atoms with Gasteiger partial charge in [0.15, 0.2) is 0 Å². The van der Waals surface area contributed by atoms with Crippen molar-refractivity contribution >= 4 is 11.6 Å². The van der Waals surface area contributed by atoms with Gasteiger partial charge >= 0.3 is 0 Å². The van der Waals surface area contributed by atoms with Gasteiger partial charge < -0.3 is 5.73 Å². The van der Waals surface area contributed by atoms with Gasteiger partial charge in [-0.1, -0.05) is 43.6 Å². The van der Waals surface area contributed by atoms with E-state index in [-0.39, 0.29) is 6.04 Å². The lowest BCUT2D eigenvalue weighted by Crippen LogP contribution is -2.15. The highest BCUT2D eigenvalue weighted by atomic mass is 35.5. The quantitative estimate of drug-likeness (QED) is 0.857. The molecule has 2 N–H and O–H groups in total. The molecule has 0 amide bonds. The van der Waals surface area contributed by atoms with E-state index in [0.29, 0.717) is 12.5 Å². The molecule has 21 heavy (non-hydrogen) atoms. The SMILES string of the molecule is CCC(CC)n1ccc(CC(N)c2cccc(C)c2Cl)n1. The molecule has 1 atom stereocenters. The van der Waals surface area contributed by atoms with E-state index in [9.17, 15) is 0 Å². The molecule has 4 heteroatoms. The number of hydrogen-bond donors (Lipinski definition) is 1. The molecule has 0 aliphatic heterocycles. The zero-order valence-corrected chi connectivity index (χ0v) is 13.8. The first-order valence-corrected chi connectivity index (χ1v) is 7.99. The summed E-state index contributed by atoms with van der Waals surface area (Å²) in [5, 5.41) is 5.43. The Morgan fingerprint density at radius 2 is 1.95 bits per heavy atom. The van der Waals surface area contributed by atoms with Gasteiger partial charge in [-0.3, -0.25) is 4.68 Å². The third-order valence-electron chi connectivity index (χ3n) is 4.03. The fourth-order valence-electron chi connectivity index (χ4n) is 2.64. The molecule has 0 aliphatic carbocycles. The van der Waals surface area contributed by atoms with Crippen LogP contribution >= 0.6 is 11.6 Å². The van der Waals surface area contributed by atoms with Crippen molar-refractivity contribution in [1.82, 2.24) is 9.78 Å². The van der Waals surface area contributed by atoms with E-state index < -0.39 is 0 Å². The molecule has 0 fully saturated rings. The zero-order chi connectivity index (χ0) is 15.4. The van der Waals surface area contributed by atoms with Crippen LogP contribution in [0.4, 0.5) is 0 Å². The van der Waals surface area contributed by atoms with Crippen molar-refractivity contribution in [1.29, 1.82) is 0 Å². The summed E-state index contributed by atoms with van der Waals surface area (Å²) in [6.45, 7) is 6.38. The van der Waals surface area contributed by atoms with Gasteiger partial charge in [0.2, 0.25) is 0 Å². The van der Waals surface area contributed by atoms with E-state index in [0.717, 1.165) is 34.7 Å². The minimum absolute atomic E-state index is 0.123. The van der Waals surface area contributed by atoms with Gasteiger partial charge in [0.1, 0.15) is 0 Å². The van der Waals surface area contributed by atoms with Crippen molar-refractivity contribution in [2.45, 2.75) is 52.1 Å². The summed E-state index contributed by atoms with van der Waals surface area (Å²) < 4.78 is 2.06. The van der Waals surface area contributed by atoms with E-state index in [1.807, 2.05) is 25.1 Å². The summed E-state index contributed by atoms with van der Waals surface area (Å²) in [5.74, 6) is 0. The normalized spacial score (nSPS) is 12.9. The predicted octanol–water partition coefficient (Wildman–Crippen LogP) is 4.45. The number of halogens is 1. The van der Waals surface area contributed by atoms with Gasteiger partial charge in [0.25, 0.3) is 0 Å². The number of nitrogens with zero attached hydrogens (tertiary/aromatic N) is 2. The molecule has 2 aromatic rings. The Labute approximate surface area is 132 Å². The van der Waals surface area contributed by atoms with Gasteiger partial charge in [-0.15, -0.1) is 0 Å². The highest BCUT2D eigenvalue weighted by molar-refractivity contribution is 6.32. The molecule has 0 radical (unpaired) electrons. The molecule has 0 aliphatic rings. The first kappa shape index (κ1) is 16.1.